The van der Waals surface area contributed by atoms with E-state index in [9.17, 15) is 4.39 Å². The van der Waals surface area contributed by atoms with E-state index in [-0.39, 0.29) is 5.82 Å². The van der Waals surface area contributed by atoms with Gasteiger partial charge in [0.05, 0.1) is 0 Å². The smallest absolute Gasteiger partial charge is 0.182 e. The lowest BCUT2D eigenvalue weighted by Crippen LogP contribution is -1.86. The summed E-state index contributed by atoms with van der Waals surface area (Å²) in [6.07, 6.45) is 0. The molecule has 1 aromatic heterocycles. The highest BCUT2D eigenvalue weighted by Crippen LogP contribution is 2.28. The standard InChI is InChI=1S/C9H6FIN2O/c10-6-3-1-2-5(4-6)8-7(11)9(12)13-14-8/h1-4H,(H2,12,13). The number of rotatable bonds is 1. The molecule has 0 aliphatic rings. The lowest BCUT2D eigenvalue weighted by molar-refractivity contribution is 0.435. The Morgan fingerprint density at radius 3 is 2.79 bits per heavy atom. The molecule has 14 heavy (non-hydrogen) atoms. The fourth-order valence-corrected chi connectivity index (χ4v) is 1.61. The van der Waals surface area contributed by atoms with Crippen molar-refractivity contribution in [2.75, 3.05) is 5.73 Å². The zero-order valence-corrected chi connectivity index (χ0v) is 9.16. The van der Waals surface area contributed by atoms with Gasteiger partial charge in [-0.3, -0.25) is 0 Å². The van der Waals surface area contributed by atoms with Crippen LogP contribution in [0.25, 0.3) is 11.3 Å². The Morgan fingerprint density at radius 2 is 2.21 bits per heavy atom. The third-order valence-corrected chi connectivity index (χ3v) is 2.79. The normalized spacial score (nSPS) is 10.4. The van der Waals surface area contributed by atoms with Crippen molar-refractivity contribution in [2.24, 2.45) is 0 Å². The minimum atomic E-state index is -0.312. The largest absolute Gasteiger partial charge is 0.380 e. The Hall–Kier alpha value is -1.11. The maximum Gasteiger partial charge on any atom is 0.182 e. The zero-order valence-electron chi connectivity index (χ0n) is 7.00. The Kier molecular flexibility index (Phi) is 2.40. The van der Waals surface area contributed by atoms with Gasteiger partial charge in [-0.2, -0.15) is 0 Å². The molecular formula is C9H6FIN2O. The highest BCUT2D eigenvalue weighted by atomic mass is 127. The Balaban J connectivity index is 2.55. The van der Waals surface area contributed by atoms with E-state index in [2.05, 4.69) is 5.16 Å². The third-order valence-electron chi connectivity index (χ3n) is 1.75. The van der Waals surface area contributed by atoms with Crippen molar-refractivity contribution in [1.29, 1.82) is 0 Å². The van der Waals surface area contributed by atoms with Crippen LogP contribution in [-0.2, 0) is 0 Å². The molecule has 2 aromatic rings. The SMILES string of the molecule is Nc1noc(-c2cccc(F)c2)c1I. The van der Waals surface area contributed by atoms with Crippen molar-refractivity contribution in [3.8, 4) is 11.3 Å². The van der Waals surface area contributed by atoms with E-state index < -0.39 is 0 Å². The Morgan fingerprint density at radius 1 is 1.43 bits per heavy atom. The van der Waals surface area contributed by atoms with E-state index in [1.54, 1.807) is 12.1 Å². The second-order valence-corrected chi connectivity index (χ2v) is 3.80. The molecular weight excluding hydrogens is 298 g/mol. The number of anilines is 1. The van der Waals surface area contributed by atoms with Gasteiger partial charge >= 0.3 is 0 Å². The molecule has 72 valence electrons. The first-order chi connectivity index (χ1) is 6.68. The van der Waals surface area contributed by atoms with E-state index in [0.29, 0.717) is 20.7 Å². The lowest BCUT2D eigenvalue weighted by atomic mass is 10.2. The van der Waals surface area contributed by atoms with Gasteiger partial charge in [-0.1, -0.05) is 17.3 Å². The van der Waals surface area contributed by atoms with Crippen LogP contribution in [0.1, 0.15) is 0 Å². The van der Waals surface area contributed by atoms with Crippen molar-refractivity contribution in [3.05, 3.63) is 33.7 Å². The summed E-state index contributed by atoms with van der Waals surface area (Å²) in [6, 6.07) is 6.10. The van der Waals surface area contributed by atoms with E-state index in [0.717, 1.165) is 0 Å². The second-order valence-electron chi connectivity index (χ2n) is 2.72. The Labute approximate surface area is 93.2 Å². The summed E-state index contributed by atoms with van der Waals surface area (Å²) in [7, 11) is 0. The minimum Gasteiger partial charge on any atom is -0.380 e. The molecule has 0 fully saturated rings. The maximum atomic E-state index is 12.9. The summed E-state index contributed by atoms with van der Waals surface area (Å²) in [6.45, 7) is 0. The summed E-state index contributed by atoms with van der Waals surface area (Å²) in [5.41, 5.74) is 6.15. The highest BCUT2D eigenvalue weighted by Gasteiger charge is 2.12. The summed E-state index contributed by atoms with van der Waals surface area (Å²) in [5, 5.41) is 3.60. The molecule has 0 saturated heterocycles. The zero-order chi connectivity index (χ0) is 10.1. The molecule has 2 N–H and O–H groups in total. The number of benzene rings is 1. The van der Waals surface area contributed by atoms with E-state index in [1.807, 2.05) is 22.6 Å². The maximum absolute atomic E-state index is 12.9. The first kappa shape index (κ1) is 9.45. The summed E-state index contributed by atoms with van der Waals surface area (Å²) in [5.74, 6) is 0.515. The molecule has 1 heterocycles. The molecule has 5 heteroatoms. The summed E-state index contributed by atoms with van der Waals surface area (Å²) < 4.78 is 18.6. The monoisotopic (exact) mass is 304 g/mol. The molecule has 0 aliphatic carbocycles. The van der Waals surface area contributed by atoms with Gasteiger partial charge in [0.25, 0.3) is 0 Å². The lowest BCUT2D eigenvalue weighted by Gasteiger charge is -1.95. The van der Waals surface area contributed by atoms with Crippen LogP contribution < -0.4 is 5.73 Å². The number of halogens is 2. The quantitative estimate of drug-likeness (QED) is 0.824. The average Bonchev–Trinajstić information content (AvgIpc) is 2.48. The molecule has 1 aromatic carbocycles. The highest BCUT2D eigenvalue weighted by molar-refractivity contribution is 14.1. The van der Waals surface area contributed by atoms with Crippen LogP contribution in [0.15, 0.2) is 28.8 Å². The van der Waals surface area contributed by atoms with Gasteiger partial charge in [0.2, 0.25) is 0 Å². The summed E-state index contributed by atoms with van der Waals surface area (Å²) >= 11 is 2.01. The molecule has 0 unspecified atom stereocenters. The van der Waals surface area contributed by atoms with Crippen molar-refractivity contribution in [2.45, 2.75) is 0 Å². The van der Waals surface area contributed by atoms with Gasteiger partial charge in [0, 0.05) is 5.56 Å². The molecule has 0 bridgehead atoms. The molecule has 0 radical (unpaired) electrons. The van der Waals surface area contributed by atoms with E-state index in [4.69, 9.17) is 10.3 Å². The third kappa shape index (κ3) is 1.59. The van der Waals surface area contributed by atoms with Crippen molar-refractivity contribution >= 4 is 28.4 Å². The number of nitrogen functional groups attached to an aromatic ring is 1. The van der Waals surface area contributed by atoms with Crippen LogP contribution in [0, 0.1) is 9.39 Å². The minimum absolute atomic E-state index is 0.312. The molecule has 0 amide bonds. The number of aromatic nitrogens is 1. The second kappa shape index (κ2) is 3.56. The number of nitrogens with zero attached hydrogens (tertiary/aromatic N) is 1. The number of nitrogens with two attached hydrogens (primary N) is 1. The van der Waals surface area contributed by atoms with Crippen molar-refractivity contribution in [1.82, 2.24) is 5.16 Å². The van der Waals surface area contributed by atoms with Gasteiger partial charge in [0.15, 0.2) is 11.6 Å². The van der Waals surface area contributed by atoms with Crippen molar-refractivity contribution < 1.29 is 8.91 Å². The molecule has 3 nitrogen and oxygen atoms in total. The van der Waals surface area contributed by atoms with E-state index >= 15 is 0 Å². The van der Waals surface area contributed by atoms with Crippen LogP contribution in [0.3, 0.4) is 0 Å². The van der Waals surface area contributed by atoms with Crippen molar-refractivity contribution in [3.63, 3.8) is 0 Å². The van der Waals surface area contributed by atoms with Gasteiger partial charge in [0.1, 0.15) is 9.39 Å². The van der Waals surface area contributed by atoms with Crippen LogP contribution in [0.4, 0.5) is 10.2 Å². The average molecular weight is 304 g/mol. The van der Waals surface area contributed by atoms with Gasteiger partial charge in [-0.25, -0.2) is 4.39 Å². The molecule has 0 spiro atoms. The topological polar surface area (TPSA) is 52.0 Å². The number of hydrogen-bond donors (Lipinski definition) is 1. The molecule has 0 saturated carbocycles. The van der Waals surface area contributed by atoms with E-state index in [1.165, 1.54) is 12.1 Å². The number of hydrogen-bond acceptors (Lipinski definition) is 3. The van der Waals surface area contributed by atoms with Crippen LogP contribution in [0.5, 0.6) is 0 Å². The predicted octanol–water partition coefficient (Wildman–Crippen LogP) is 2.67. The fraction of sp³-hybridized carbons (Fsp3) is 0. The van der Waals surface area contributed by atoms with Crippen LogP contribution in [0.2, 0.25) is 0 Å². The van der Waals surface area contributed by atoms with Gasteiger partial charge in [-0.15, -0.1) is 0 Å². The fourth-order valence-electron chi connectivity index (χ4n) is 1.10. The first-order valence-electron chi connectivity index (χ1n) is 3.85. The molecule has 0 aliphatic heterocycles. The summed E-state index contributed by atoms with van der Waals surface area (Å²) in [4.78, 5) is 0. The Bertz CT molecular complexity index is 470. The van der Waals surface area contributed by atoms with Gasteiger partial charge < -0.3 is 10.3 Å². The first-order valence-corrected chi connectivity index (χ1v) is 4.93. The van der Waals surface area contributed by atoms with Crippen LogP contribution >= 0.6 is 22.6 Å². The predicted molar refractivity (Wildman–Crippen MR) is 59.0 cm³/mol. The molecule has 2 rings (SSSR count). The van der Waals surface area contributed by atoms with Gasteiger partial charge in [-0.05, 0) is 34.7 Å². The molecule has 0 atom stereocenters. The van der Waals surface area contributed by atoms with Crippen LogP contribution in [-0.4, -0.2) is 5.16 Å².